The highest BCUT2D eigenvalue weighted by atomic mass is 19.2. The second kappa shape index (κ2) is 6.89. The highest BCUT2D eigenvalue weighted by Crippen LogP contribution is 2.43. The molecule has 2 atom stereocenters. The monoisotopic (exact) mass is 397 g/mol. The number of hydrogen-bond acceptors (Lipinski definition) is 3. The van der Waals surface area contributed by atoms with Crippen LogP contribution in [0.1, 0.15) is 36.9 Å². The van der Waals surface area contributed by atoms with Crippen LogP contribution in [-0.4, -0.2) is 37.2 Å². The summed E-state index contributed by atoms with van der Waals surface area (Å²) in [6.07, 6.45) is 7.09. The molecule has 2 fully saturated rings. The summed E-state index contributed by atoms with van der Waals surface area (Å²) in [5.41, 5.74) is 2.18. The van der Waals surface area contributed by atoms with Crippen molar-refractivity contribution in [2.45, 2.75) is 63.4 Å². The van der Waals surface area contributed by atoms with E-state index in [-0.39, 0.29) is 12.1 Å². The Morgan fingerprint density at radius 1 is 1.10 bits per heavy atom. The lowest BCUT2D eigenvalue weighted by Gasteiger charge is -2.44. The van der Waals surface area contributed by atoms with Gasteiger partial charge in [0.05, 0.1) is 23.9 Å². The maximum Gasteiger partial charge on any atom is 0.159 e. The van der Waals surface area contributed by atoms with Gasteiger partial charge in [0, 0.05) is 35.9 Å². The number of halogens is 2. The molecule has 2 bridgehead atoms. The van der Waals surface area contributed by atoms with E-state index in [0.717, 1.165) is 35.0 Å². The van der Waals surface area contributed by atoms with E-state index in [1.54, 1.807) is 12.3 Å². The van der Waals surface area contributed by atoms with Gasteiger partial charge < -0.3 is 9.67 Å². The van der Waals surface area contributed by atoms with Crippen LogP contribution in [0, 0.1) is 18.6 Å². The molecule has 6 heteroatoms. The van der Waals surface area contributed by atoms with Crippen molar-refractivity contribution in [1.29, 1.82) is 0 Å². The standard InChI is InChI=1S/C23H25F2N3O/c1-15-8-17-6-7-26-12-22(17)28(15)14-23(29)10-18-3-4-19(11-23)27(18)13-16-2-5-20(24)21(25)9-16/h2,5-9,12,18-19,29H,3-4,10-11,13-14H2,1H3/t18-,19-/m1/s1. The topological polar surface area (TPSA) is 41.3 Å². The lowest BCUT2D eigenvalue weighted by Crippen LogP contribution is -2.52. The van der Waals surface area contributed by atoms with Crippen LogP contribution in [0.2, 0.25) is 0 Å². The number of nitrogens with zero attached hydrogens (tertiary/aromatic N) is 3. The Kier molecular flexibility index (Phi) is 4.44. The van der Waals surface area contributed by atoms with Crippen LogP contribution in [0.5, 0.6) is 0 Å². The van der Waals surface area contributed by atoms with Gasteiger partial charge in [-0.05, 0) is 62.4 Å². The van der Waals surface area contributed by atoms with Crippen LogP contribution in [0.4, 0.5) is 8.78 Å². The molecule has 2 aliphatic heterocycles. The molecule has 4 nitrogen and oxygen atoms in total. The zero-order valence-corrected chi connectivity index (χ0v) is 16.5. The number of benzene rings is 1. The third-order valence-electron chi connectivity index (χ3n) is 6.72. The fourth-order valence-electron chi connectivity index (χ4n) is 5.39. The largest absolute Gasteiger partial charge is 0.388 e. The summed E-state index contributed by atoms with van der Waals surface area (Å²) in [5.74, 6) is -1.61. The molecule has 0 spiro atoms. The van der Waals surface area contributed by atoms with Crippen molar-refractivity contribution in [2.24, 2.45) is 0 Å². The number of aryl methyl sites for hydroxylation is 1. The van der Waals surface area contributed by atoms with Crippen molar-refractivity contribution in [3.05, 3.63) is 65.6 Å². The molecule has 29 heavy (non-hydrogen) atoms. The predicted octanol–water partition coefficient (Wildman–Crippen LogP) is 4.18. The normalized spacial score (nSPS) is 27.0. The van der Waals surface area contributed by atoms with Crippen LogP contribution in [0.15, 0.2) is 42.7 Å². The van der Waals surface area contributed by atoms with Crippen molar-refractivity contribution in [1.82, 2.24) is 14.5 Å². The van der Waals surface area contributed by atoms with E-state index in [4.69, 9.17) is 0 Å². The Bertz CT molecular complexity index is 1050. The van der Waals surface area contributed by atoms with Crippen LogP contribution >= 0.6 is 0 Å². The molecule has 152 valence electrons. The molecule has 1 N–H and O–H groups in total. The number of piperidine rings is 1. The third kappa shape index (κ3) is 3.34. The summed E-state index contributed by atoms with van der Waals surface area (Å²) in [6.45, 7) is 3.22. The molecular weight excluding hydrogens is 372 g/mol. The second-order valence-electron chi connectivity index (χ2n) is 8.74. The van der Waals surface area contributed by atoms with Gasteiger partial charge in [-0.3, -0.25) is 9.88 Å². The average molecular weight is 397 g/mol. The van der Waals surface area contributed by atoms with E-state index in [2.05, 4.69) is 27.4 Å². The number of pyridine rings is 1. The summed E-state index contributed by atoms with van der Waals surface area (Å²) >= 11 is 0. The second-order valence-corrected chi connectivity index (χ2v) is 8.74. The molecule has 0 unspecified atom stereocenters. The number of fused-ring (bicyclic) bond motifs is 3. The van der Waals surface area contributed by atoms with Crippen LogP contribution in [-0.2, 0) is 13.1 Å². The number of aliphatic hydroxyl groups is 1. The number of hydrogen-bond donors (Lipinski definition) is 1. The molecule has 0 radical (unpaired) electrons. The van der Waals surface area contributed by atoms with Crippen LogP contribution in [0.25, 0.3) is 10.9 Å². The minimum Gasteiger partial charge on any atom is -0.388 e. The summed E-state index contributed by atoms with van der Waals surface area (Å²) in [7, 11) is 0. The van der Waals surface area contributed by atoms with Crippen LogP contribution in [0.3, 0.4) is 0 Å². The zero-order chi connectivity index (χ0) is 20.2. The molecule has 0 aliphatic carbocycles. The maximum atomic E-state index is 13.6. The zero-order valence-electron chi connectivity index (χ0n) is 16.5. The molecule has 0 amide bonds. The minimum atomic E-state index is -0.812. The van der Waals surface area contributed by atoms with E-state index in [0.29, 0.717) is 25.9 Å². The Balaban J connectivity index is 1.36. The first-order valence-corrected chi connectivity index (χ1v) is 10.2. The van der Waals surface area contributed by atoms with Gasteiger partial charge in [-0.15, -0.1) is 0 Å². The molecule has 2 aromatic heterocycles. The maximum absolute atomic E-state index is 13.6. The van der Waals surface area contributed by atoms with Crippen LogP contribution < -0.4 is 0 Å². The van der Waals surface area contributed by atoms with E-state index in [1.165, 1.54) is 12.1 Å². The fourth-order valence-corrected chi connectivity index (χ4v) is 5.39. The summed E-state index contributed by atoms with van der Waals surface area (Å²) in [6, 6.07) is 8.78. The fraction of sp³-hybridized carbons (Fsp3) is 0.435. The lowest BCUT2D eigenvalue weighted by molar-refractivity contribution is -0.0647. The third-order valence-corrected chi connectivity index (χ3v) is 6.72. The summed E-state index contributed by atoms with van der Waals surface area (Å²) < 4.78 is 29.0. The van der Waals surface area contributed by atoms with Gasteiger partial charge in [0.25, 0.3) is 0 Å². The highest BCUT2D eigenvalue weighted by molar-refractivity contribution is 5.80. The van der Waals surface area contributed by atoms with Gasteiger partial charge in [0.1, 0.15) is 0 Å². The molecule has 5 rings (SSSR count). The minimum absolute atomic E-state index is 0.257. The SMILES string of the molecule is Cc1cc2ccncc2n1CC1(O)C[C@H]2CC[C@H](C1)N2Cc1ccc(F)c(F)c1. The van der Waals surface area contributed by atoms with Crippen molar-refractivity contribution in [2.75, 3.05) is 0 Å². The smallest absolute Gasteiger partial charge is 0.159 e. The molecule has 0 saturated carbocycles. The van der Waals surface area contributed by atoms with Crippen molar-refractivity contribution < 1.29 is 13.9 Å². The van der Waals surface area contributed by atoms with Crippen molar-refractivity contribution in [3.8, 4) is 0 Å². The Labute approximate surface area is 168 Å². The predicted molar refractivity (Wildman–Crippen MR) is 107 cm³/mol. The number of aromatic nitrogens is 2. The first-order chi connectivity index (χ1) is 13.9. The quantitative estimate of drug-likeness (QED) is 0.718. The first-order valence-electron chi connectivity index (χ1n) is 10.2. The molecule has 2 saturated heterocycles. The van der Waals surface area contributed by atoms with Gasteiger partial charge in [-0.2, -0.15) is 0 Å². The lowest BCUT2D eigenvalue weighted by atomic mass is 9.85. The van der Waals surface area contributed by atoms with Gasteiger partial charge in [-0.25, -0.2) is 8.78 Å². The van der Waals surface area contributed by atoms with Crippen molar-refractivity contribution >= 4 is 10.9 Å². The molecular formula is C23H25F2N3O. The highest BCUT2D eigenvalue weighted by Gasteiger charge is 2.47. The van der Waals surface area contributed by atoms with E-state index in [9.17, 15) is 13.9 Å². The van der Waals surface area contributed by atoms with E-state index in [1.807, 2.05) is 12.3 Å². The van der Waals surface area contributed by atoms with Crippen molar-refractivity contribution in [3.63, 3.8) is 0 Å². The molecule has 2 aliphatic rings. The van der Waals surface area contributed by atoms with E-state index >= 15 is 0 Å². The average Bonchev–Trinajstić information content (AvgIpc) is 3.12. The molecule has 4 heterocycles. The Morgan fingerprint density at radius 3 is 2.59 bits per heavy atom. The van der Waals surface area contributed by atoms with E-state index < -0.39 is 17.2 Å². The van der Waals surface area contributed by atoms with Gasteiger partial charge in [0.15, 0.2) is 11.6 Å². The van der Waals surface area contributed by atoms with Gasteiger partial charge in [0.2, 0.25) is 0 Å². The molecule has 3 aromatic rings. The number of rotatable bonds is 4. The van der Waals surface area contributed by atoms with Gasteiger partial charge in [-0.1, -0.05) is 6.07 Å². The first kappa shape index (κ1) is 18.7. The molecule has 1 aromatic carbocycles. The summed E-state index contributed by atoms with van der Waals surface area (Å²) in [4.78, 5) is 6.61. The van der Waals surface area contributed by atoms with Gasteiger partial charge >= 0.3 is 0 Å². The Hall–Kier alpha value is -2.31. The summed E-state index contributed by atoms with van der Waals surface area (Å²) in [5, 5.41) is 12.6. The Morgan fingerprint density at radius 2 is 1.86 bits per heavy atom.